The fraction of sp³-hybridized carbons (Fsp3) is 0.200. The first-order valence-electron chi connectivity index (χ1n) is 6.11. The van der Waals surface area contributed by atoms with Crippen molar-refractivity contribution in [1.29, 1.82) is 0 Å². The van der Waals surface area contributed by atoms with Crippen LogP contribution in [0.1, 0.15) is 23.0 Å². The van der Waals surface area contributed by atoms with E-state index in [1.54, 1.807) is 0 Å². The molecule has 0 bridgehead atoms. The molecule has 0 aliphatic heterocycles. The number of aromatic nitrogens is 1. The summed E-state index contributed by atoms with van der Waals surface area (Å²) in [6.07, 6.45) is 1.03. The Morgan fingerprint density at radius 2 is 2.00 bits per heavy atom. The zero-order chi connectivity index (χ0) is 14.6. The molecule has 1 aromatic heterocycles. The highest BCUT2D eigenvalue weighted by Crippen LogP contribution is 2.23. The Labute approximate surface area is 125 Å². The maximum absolute atomic E-state index is 12.8. The number of amides is 1. The van der Waals surface area contributed by atoms with Crippen molar-refractivity contribution in [2.75, 3.05) is 5.33 Å². The zero-order valence-electron chi connectivity index (χ0n) is 10.9. The summed E-state index contributed by atoms with van der Waals surface area (Å²) in [5.41, 5.74) is 0.607. The van der Waals surface area contributed by atoms with Crippen LogP contribution in [0.3, 0.4) is 0 Å². The van der Waals surface area contributed by atoms with Crippen LogP contribution in [0.2, 0.25) is 0 Å². The van der Waals surface area contributed by atoms with Gasteiger partial charge in [0.15, 0.2) is 0 Å². The minimum Gasteiger partial charge on any atom is -0.341 e. The third-order valence-corrected chi connectivity index (χ3v) is 4.15. The van der Waals surface area contributed by atoms with E-state index in [0.29, 0.717) is 5.33 Å². The van der Waals surface area contributed by atoms with Gasteiger partial charge in [-0.25, -0.2) is 9.37 Å². The number of benzene rings is 1. The molecule has 0 radical (unpaired) electrons. The highest BCUT2D eigenvalue weighted by Gasteiger charge is 2.28. The lowest BCUT2D eigenvalue weighted by Gasteiger charge is -2.29. The summed E-state index contributed by atoms with van der Waals surface area (Å²) < 4.78 is 12.8. The second kappa shape index (κ2) is 6.13. The third-order valence-electron chi connectivity index (χ3n) is 3.03. The molecule has 0 aliphatic carbocycles. The Bertz CT molecular complexity index is 589. The van der Waals surface area contributed by atoms with Crippen molar-refractivity contribution in [2.45, 2.75) is 12.5 Å². The number of nitrogens with zero attached hydrogens (tertiary/aromatic N) is 1. The van der Waals surface area contributed by atoms with E-state index >= 15 is 0 Å². The number of halogens is 2. The second-order valence-electron chi connectivity index (χ2n) is 4.65. The average Bonchev–Trinajstić information content (AvgIpc) is 2.48. The molecule has 0 fully saturated rings. The Hall–Kier alpha value is -1.75. The van der Waals surface area contributed by atoms with E-state index in [9.17, 15) is 9.18 Å². The van der Waals surface area contributed by atoms with E-state index < -0.39 is 11.4 Å². The lowest BCUT2D eigenvalue weighted by atomic mass is 9.94. The topological polar surface area (TPSA) is 42.0 Å². The smallest absolute Gasteiger partial charge is 0.270 e. The number of carbonyl (C=O) groups excluding carboxylic acids is 1. The van der Waals surface area contributed by atoms with Gasteiger partial charge in [0, 0.05) is 5.33 Å². The molecule has 1 N–H and O–H groups in total. The van der Waals surface area contributed by atoms with Gasteiger partial charge in [0.2, 0.25) is 0 Å². The first-order chi connectivity index (χ1) is 9.55. The van der Waals surface area contributed by atoms with Gasteiger partial charge in [0.1, 0.15) is 11.5 Å². The molecule has 0 saturated carbocycles. The van der Waals surface area contributed by atoms with Gasteiger partial charge < -0.3 is 5.32 Å². The number of alkyl halides is 1. The Morgan fingerprint density at radius 1 is 1.30 bits per heavy atom. The summed E-state index contributed by atoms with van der Waals surface area (Å²) in [6, 6.07) is 12.2. The molecule has 1 heterocycles. The molecular weight excluding hydrogens is 323 g/mol. The highest BCUT2D eigenvalue weighted by molar-refractivity contribution is 9.09. The lowest BCUT2D eigenvalue weighted by molar-refractivity contribution is 0.0909. The van der Waals surface area contributed by atoms with Crippen LogP contribution in [-0.2, 0) is 5.54 Å². The molecule has 20 heavy (non-hydrogen) atoms. The maximum atomic E-state index is 12.8. The van der Waals surface area contributed by atoms with Gasteiger partial charge in [-0.05, 0) is 24.6 Å². The summed E-state index contributed by atoms with van der Waals surface area (Å²) in [7, 11) is 0. The first-order valence-corrected chi connectivity index (χ1v) is 7.23. The SMILES string of the molecule is CC(CBr)(NC(=O)c1ccc(F)cn1)c1ccccc1. The molecule has 1 amide bonds. The maximum Gasteiger partial charge on any atom is 0.270 e. The van der Waals surface area contributed by atoms with Crippen molar-refractivity contribution in [3.05, 3.63) is 65.7 Å². The standard InChI is InChI=1S/C15H14BrFN2O/c1-15(10-16,11-5-3-2-4-6-11)19-14(20)13-8-7-12(17)9-18-13/h2-9H,10H2,1H3,(H,19,20). The van der Waals surface area contributed by atoms with Crippen molar-refractivity contribution >= 4 is 21.8 Å². The number of pyridine rings is 1. The lowest BCUT2D eigenvalue weighted by Crippen LogP contribution is -2.45. The molecule has 0 aliphatic rings. The number of hydrogen-bond acceptors (Lipinski definition) is 2. The van der Waals surface area contributed by atoms with Crippen LogP contribution in [0, 0.1) is 5.82 Å². The van der Waals surface area contributed by atoms with E-state index in [4.69, 9.17) is 0 Å². The molecule has 5 heteroatoms. The predicted octanol–water partition coefficient (Wildman–Crippen LogP) is 3.26. The molecule has 1 atom stereocenters. The van der Waals surface area contributed by atoms with Crippen LogP contribution < -0.4 is 5.32 Å². The van der Waals surface area contributed by atoms with Gasteiger partial charge >= 0.3 is 0 Å². The van der Waals surface area contributed by atoms with Crippen molar-refractivity contribution in [3.63, 3.8) is 0 Å². The summed E-state index contributed by atoms with van der Waals surface area (Å²) in [6.45, 7) is 1.92. The second-order valence-corrected chi connectivity index (χ2v) is 5.21. The Balaban J connectivity index is 2.22. The fourth-order valence-corrected chi connectivity index (χ4v) is 2.28. The Kier molecular flexibility index (Phi) is 4.49. The first kappa shape index (κ1) is 14.7. The van der Waals surface area contributed by atoms with E-state index in [-0.39, 0.29) is 11.6 Å². The minimum atomic E-state index is -0.561. The van der Waals surface area contributed by atoms with Crippen molar-refractivity contribution < 1.29 is 9.18 Å². The molecule has 0 spiro atoms. The normalized spacial score (nSPS) is 13.6. The third kappa shape index (κ3) is 3.22. The highest BCUT2D eigenvalue weighted by atomic mass is 79.9. The van der Waals surface area contributed by atoms with Crippen molar-refractivity contribution in [1.82, 2.24) is 10.3 Å². The molecule has 1 unspecified atom stereocenters. The van der Waals surface area contributed by atoms with Gasteiger partial charge in [-0.1, -0.05) is 46.3 Å². The summed E-state index contributed by atoms with van der Waals surface area (Å²) in [5, 5.41) is 3.48. The molecule has 2 aromatic rings. The fourth-order valence-electron chi connectivity index (χ4n) is 1.81. The average molecular weight is 337 g/mol. The van der Waals surface area contributed by atoms with Gasteiger partial charge in [0.05, 0.1) is 11.7 Å². The number of hydrogen-bond donors (Lipinski definition) is 1. The van der Waals surface area contributed by atoms with Crippen LogP contribution in [0.5, 0.6) is 0 Å². The van der Waals surface area contributed by atoms with Crippen LogP contribution in [0.15, 0.2) is 48.7 Å². The summed E-state index contributed by atoms with van der Waals surface area (Å²) in [4.78, 5) is 16.0. The van der Waals surface area contributed by atoms with E-state index in [0.717, 1.165) is 11.8 Å². The summed E-state index contributed by atoms with van der Waals surface area (Å²) in [5.74, 6) is -0.802. The van der Waals surface area contributed by atoms with Gasteiger partial charge in [0.25, 0.3) is 5.91 Å². The Morgan fingerprint density at radius 3 is 2.55 bits per heavy atom. The van der Waals surface area contributed by atoms with Crippen molar-refractivity contribution in [2.24, 2.45) is 0 Å². The molecule has 3 nitrogen and oxygen atoms in total. The monoisotopic (exact) mass is 336 g/mol. The number of carbonyl (C=O) groups is 1. The molecule has 2 rings (SSSR count). The van der Waals surface area contributed by atoms with Crippen LogP contribution in [0.4, 0.5) is 4.39 Å². The zero-order valence-corrected chi connectivity index (χ0v) is 12.5. The van der Waals surface area contributed by atoms with E-state index in [1.807, 2.05) is 37.3 Å². The van der Waals surface area contributed by atoms with Crippen LogP contribution in [0.25, 0.3) is 0 Å². The van der Waals surface area contributed by atoms with E-state index in [1.165, 1.54) is 12.1 Å². The number of nitrogens with one attached hydrogen (secondary N) is 1. The summed E-state index contributed by atoms with van der Waals surface area (Å²) >= 11 is 3.43. The molecule has 104 valence electrons. The largest absolute Gasteiger partial charge is 0.341 e. The predicted molar refractivity (Wildman–Crippen MR) is 79.2 cm³/mol. The minimum absolute atomic E-state index is 0.189. The van der Waals surface area contributed by atoms with Crippen LogP contribution in [-0.4, -0.2) is 16.2 Å². The molecule has 1 aromatic carbocycles. The number of rotatable bonds is 4. The van der Waals surface area contributed by atoms with Gasteiger partial charge in [-0.3, -0.25) is 4.79 Å². The molecular formula is C15H14BrFN2O. The van der Waals surface area contributed by atoms with Gasteiger partial charge in [-0.15, -0.1) is 0 Å². The quantitative estimate of drug-likeness (QED) is 0.870. The van der Waals surface area contributed by atoms with Crippen LogP contribution >= 0.6 is 15.9 Å². The van der Waals surface area contributed by atoms with Gasteiger partial charge in [-0.2, -0.15) is 0 Å². The van der Waals surface area contributed by atoms with Crippen molar-refractivity contribution in [3.8, 4) is 0 Å². The molecule has 0 saturated heterocycles. The van der Waals surface area contributed by atoms with E-state index in [2.05, 4.69) is 26.2 Å².